The number of thiophene rings is 1. The lowest BCUT2D eigenvalue weighted by Crippen LogP contribution is -2.40. The number of morpholine rings is 1. The smallest absolute Gasteiger partial charge is 0.265 e. The Morgan fingerprint density at radius 1 is 1.29 bits per heavy atom. The van der Waals surface area contributed by atoms with E-state index < -0.39 is 10.0 Å². The summed E-state index contributed by atoms with van der Waals surface area (Å²) in [5.41, 5.74) is 1.61. The van der Waals surface area contributed by atoms with Crippen LogP contribution in [0.25, 0.3) is 0 Å². The molecule has 1 amide bonds. The number of benzene rings is 1. The Bertz CT molecular complexity index is 1060. The van der Waals surface area contributed by atoms with Gasteiger partial charge in [-0.2, -0.15) is 4.31 Å². The Morgan fingerprint density at radius 2 is 2.06 bits per heavy atom. The van der Waals surface area contributed by atoms with E-state index in [0.29, 0.717) is 48.5 Å². The van der Waals surface area contributed by atoms with Crippen LogP contribution in [0.5, 0.6) is 5.75 Å². The molecule has 2 heterocycles. The van der Waals surface area contributed by atoms with E-state index in [1.54, 1.807) is 6.07 Å². The van der Waals surface area contributed by atoms with Gasteiger partial charge in [0.15, 0.2) is 0 Å². The fourth-order valence-electron chi connectivity index (χ4n) is 4.12. The third-order valence-corrected chi connectivity index (χ3v) is 9.14. The molecule has 168 valence electrons. The van der Waals surface area contributed by atoms with Gasteiger partial charge in [-0.25, -0.2) is 8.42 Å². The molecule has 1 aliphatic heterocycles. The molecule has 1 atom stereocenters. The SMILES string of the molecule is CCC1CCc2sc(C(=O)Nc3cc(S(=O)(=O)N4CCOCC4)ccc3OC)cc2C1. The third-order valence-electron chi connectivity index (χ3n) is 6.01. The largest absolute Gasteiger partial charge is 0.495 e. The standard InChI is InChI=1S/C22H28N2O5S2/c1-3-15-4-7-20-16(12-15)13-21(30-20)22(25)23-18-14-17(5-6-19(18)28-2)31(26,27)24-8-10-29-11-9-24/h5-6,13-15H,3-4,7-12H2,1-2H3,(H,23,25). The Labute approximate surface area is 187 Å². The van der Waals surface area contributed by atoms with Crippen LogP contribution >= 0.6 is 11.3 Å². The molecule has 1 aromatic carbocycles. The fourth-order valence-corrected chi connectivity index (χ4v) is 6.66. The molecule has 4 rings (SSSR count). The molecule has 2 aliphatic rings. The van der Waals surface area contributed by atoms with Crippen molar-refractivity contribution in [1.29, 1.82) is 0 Å². The van der Waals surface area contributed by atoms with Crippen molar-refractivity contribution in [2.75, 3.05) is 38.7 Å². The highest BCUT2D eigenvalue weighted by Crippen LogP contribution is 2.35. The number of fused-ring (bicyclic) bond motifs is 1. The van der Waals surface area contributed by atoms with Gasteiger partial charge in [0.05, 0.1) is 35.8 Å². The Hall–Kier alpha value is -1.94. The summed E-state index contributed by atoms with van der Waals surface area (Å²) in [5.74, 6) is 0.855. The van der Waals surface area contributed by atoms with Gasteiger partial charge in [-0.1, -0.05) is 13.3 Å². The lowest BCUT2D eigenvalue weighted by molar-refractivity contribution is 0.0730. The van der Waals surface area contributed by atoms with Crippen LogP contribution in [-0.2, 0) is 27.6 Å². The van der Waals surface area contributed by atoms with E-state index in [4.69, 9.17) is 9.47 Å². The van der Waals surface area contributed by atoms with E-state index >= 15 is 0 Å². The lowest BCUT2D eigenvalue weighted by Gasteiger charge is -2.26. The Morgan fingerprint density at radius 3 is 2.77 bits per heavy atom. The number of nitrogens with zero attached hydrogens (tertiary/aromatic N) is 1. The number of hydrogen-bond donors (Lipinski definition) is 1. The van der Waals surface area contributed by atoms with Gasteiger partial charge in [-0.15, -0.1) is 11.3 Å². The number of methoxy groups -OCH3 is 1. The molecule has 1 unspecified atom stereocenters. The second-order valence-corrected chi connectivity index (χ2v) is 11.0. The summed E-state index contributed by atoms with van der Waals surface area (Å²) >= 11 is 1.53. The molecule has 1 N–H and O–H groups in total. The van der Waals surface area contributed by atoms with Gasteiger partial charge in [0.1, 0.15) is 5.75 Å². The number of hydrogen-bond acceptors (Lipinski definition) is 6. The lowest BCUT2D eigenvalue weighted by atomic mass is 9.87. The van der Waals surface area contributed by atoms with Crippen molar-refractivity contribution in [3.8, 4) is 5.75 Å². The van der Waals surface area contributed by atoms with Crippen molar-refractivity contribution < 1.29 is 22.7 Å². The molecule has 0 spiro atoms. The van der Waals surface area contributed by atoms with Crippen molar-refractivity contribution in [3.05, 3.63) is 39.6 Å². The first-order chi connectivity index (χ1) is 14.9. The summed E-state index contributed by atoms with van der Waals surface area (Å²) in [6, 6.07) is 6.54. The van der Waals surface area contributed by atoms with E-state index in [1.807, 2.05) is 6.07 Å². The second-order valence-electron chi connectivity index (χ2n) is 7.91. The molecule has 7 nitrogen and oxygen atoms in total. The van der Waals surface area contributed by atoms with E-state index in [2.05, 4.69) is 12.2 Å². The van der Waals surface area contributed by atoms with Gasteiger partial charge in [-0.05, 0) is 55.0 Å². The zero-order valence-corrected chi connectivity index (χ0v) is 19.5. The molecule has 0 bridgehead atoms. The molecule has 0 radical (unpaired) electrons. The second kappa shape index (κ2) is 9.28. The summed E-state index contributed by atoms with van der Waals surface area (Å²) < 4.78 is 38.0. The molecular formula is C22H28N2O5S2. The number of sulfonamides is 1. The first-order valence-corrected chi connectivity index (χ1v) is 12.9. The third kappa shape index (κ3) is 4.64. The molecule has 1 aromatic heterocycles. The predicted octanol–water partition coefficient (Wildman–Crippen LogP) is 3.54. The van der Waals surface area contributed by atoms with Crippen molar-refractivity contribution in [2.24, 2.45) is 5.92 Å². The minimum absolute atomic E-state index is 0.127. The molecule has 9 heteroatoms. The monoisotopic (exact) mass is 464 g/mol. The van der Waals surface area contributed by atoms with E-state index in [0.717, 1.165) is 19.3 Å². The van der Waals surface area contributed by atoms with Gasteiger partial charge in [-0.3, -0.25) is 4.79 Å². The average Bonchev–Trinajstić information content (AvgIpc) is 3.23. The molecule has 1 saturated heterocycles. The van der Waals surface area contributed by atoms with Crippen molar-refractivity contribution in [2.45, 2.75) is 37.5 Å². The number of anilines is 1. The van der Waals surface area contributed by atoms with Crippen molar-refractivity contribution >= 4 is 33.0 Å². The van der Waals surface area contributed by atoms with E-state index in [9.17, 15) is 13.2 Å². The molecule has 31 heavy (non-hydrogen) atoms. The van der Waals surface area contributed by atoms with Crippen LogP contribution in [-0.4, -0.2) is 52.0 Å². The van der Waals surface area contributed by atoms with Crippen LogP contribution in [0.2, 0.25) is 0 Å². The van der Waals surface area contributed by atoms with Gasteiger partial charge < -0.3 is 14.8 Å². The van der Waals surface area contributed by atoms with Crippen LogP contribution in [0.3, 0.4) is 0 Å². The van der Waals surface area contributed by atoms with Gasteiger partial charge in [0, 0.05) is 18.0 Å². The minimum Gasteiger partial charge on any atom is -0.495 e. The predicted molar refractivity (Wildman–Crippen MR) is 121 cm³/mol. The highest BCUT2D eigenvalue weighted by Gasteiger charge is 2.28. The average molecular weight is 465 g/mol. The van der Waals surface area contributed by atoms with Crippen molar-refractivity contribution in [3.63, 3.8) is 0 Å². The van der Waals surface area contributed by atoms with Gasteiger partial charge >= 0.3 is 0 Å². The van der Waals surface area contributed by atoms with Gasteiger partial charge in [0.25, 0.3) is 5.91 Å². The zero-order valence-electron chi connectivity index (χ0n) is 17.8. The Balaban J connectivity index is 1.57. The number of ether oxygens (including phenoxy) is 2. The summed E-state index contributed by atoms with van der Waals surface area (Å²) in [5, 5.41) is 2.87. The zero-order chi connectivity index (χ0) is 22.0. The highest BCUT2D eigenvalue weighted by atomic mass is 32.2. The number of carbonyl (C=O) groups is 1. The molecule has 1 fully saturated rings. The van der Waals surface area contributed by atoms with Crippen LogP contribution in [0.15, 0.2) is 29.2 Å². The van der Waals surface area contributed by atoms with Crippen molar-refractivity contribution in [1.82, 2.24) is 4.31 Å². The van der Waals surface area contributed by atoms with Crippen LogP contribution in [0.1, 0.15) is 39.9 Å². The summed E-state index contributed by atoms with van der Waals surface area (Å²) in [6.07, 6.45) is 4.35. The van der Waals surface area contributed by atoms with E-state index in [-0.39, 0.29) is 10.8 Å². The number of nitrogens with one attached hydrogen (secondary N) is 1. The van der Waals surface area contributed by atoms with Crippen LogP contribution in [0.4, 0.5) is 5.69 Å². The first kappa shape index (κ1) is 22.3. The number of rotatable bonds is 6. The molecular weight excluding hydrogens is 436 g/mol. The Kier molecular flexibility index (Phi) is 6.66. The maximum atomic E-state index is 13.0. The van der Waals surface area contributed by atoms with Crippen LogP contribution < -0.4 is 10.1 Å². The number of aryl methyl sites for hydroxylation is 1. The first-order valence-electron chi connectivity index (χ1n) is 10.6. The highest BCUT2D eigenvalue weighted by molar-refractivity contribution is 7.89. The summed E-state index contributed by atoms with van der Waals surface area (Å²) in [7, 11) is -2.18. The number of carbonyl (C=O) groups excluding carboxylic acids is 1. The summed E-state index contributed by atoms with van der Waals surface area (Å²) in [6.45, 7) is 3.59. The van der Waals surface area contributed by atoms with Gasteiger partial charge in [0.2, 0.25) is 10.0 Å². The molecule has 1 aliphatic carbocycles. The topological polar surface area (TPSA) is 84.9 Å². The normalized spacial score (nSPS) is 19.6. The number of amides is 1. The maximum absolute atomic E-state index is 13.0. The minimum atomic E-state index is -3.67. The van der Waals surface area contributed by atoms with Crippen LogP contribution in [0, 0.1) is 5.92 Å². The molecule has 0 saturated carbocycles. The fraction of sp³-hybridized carbons (Fsp3) is 0.500. The van der Waals surface area contributed by atoms with E-state index in [1.165, 1.54) is 51.7 Å². The quantitative estimate of drug-likeness (QED) is 0.707. The summed E-state index contributed by atoms with van der Waals surface area (Å²) in [4.78, 5) is 15.0. The maximum Gasteiger partial charge on any atom is 0.265 e. The molecule has 2 aromatic rings.